The van der Waals surface area contributed by atoms with Crippen LogP contribution >= 0.6 is 22.6 Å². The maximum absolute atomic E-state index is 11.4. The van der Waals surface area contributed by atoms with Gasteiger partial charge >= 0.3 is 6.18 Å². The molecule has 0 aromatic heterocycles. The molecule has 0 aromatic rings. The van der Waals surface area contributed by atoms with Gasteiger partial charge in [-0.05, 0) is 0 Å². The van der Waals surface area contributed by atoms with E-state index in [4.69, 9.17) is 0 Å². The predicted octanol–water partition coefficient (Wildman–Crippen LogP) is 1.36. The van der Waals surface area contributed by atoms with Gasteiger partial charge in [-0.2, -0.15) is 13.2 Å². The third kappa shape index (κ3) is 5.27. The van der Waals surface area contributed by atoms with Crippen LogP contribution in [0.25, 0.3) is 0 Å². The molecule has 7 heteroatoms. The Labute approximate surface area is 69.9 Å². The topological polar surface area (TPSA) is 34.1 Å². The predicted molar refractivity (Wildman–Crippen MR) is 38.7 cm³/mol. The Kier molecular flexibility index (Phi) is 3.40. The molecule has 0 bridgehead atoms. The van der Waals surface area contributed by atoms with Crippen LogP contribution in [-0.4, -0.2) is 24.1 Å². The van der Waals surface area contributed by atoms with Crippen molar-refractivity contribution < 1.29 is 21.6 Å². The van der Waals surface area contributed by atoms with Crippen LogP contribution in [0, 0.1) is 0 Å². The van der Waals surface area contributed by atoms with Gasteiger partial charge in [-0.25, -0.2) is 8.42 Å². The maximum Gasteiger partial charge on any atom is 0.402 e. The van der Waals surface area contributed by atoms with E-state index >= 15 is 0 Å². The van der Waals surface area contributed by atoms with E-state index in [1.54, 1.807) is 0 Å². The summed E-state index contributed by atoms with van der Waals surface area (Å²) in [7, 11) is -3.92. The Morgan fingerprint density at radius 1 is 1.30 bits per heavy atom. The number of sulfone groups is 1. The summed E-state index contributed by atoms with van der Waals surface area (Å²) in [4.78, 5) is 0. The highest BCUT2D eigenvalue weighted by molar-refractivity contribution is 14.1. The molecule has 0 unspecified atom stereocenters. The van der Waals surface area contributed by atoms with Gasteiger partial charge in [-0.1, -0.05) is 22.6 Å². The minimum absolute atomic E-state index is 0.496. The lowest BCUT2D eigenvalue weighted by Gasteiger charge is -2.03. The Balaban J connectivity index is 4.18. The van der Waals surface area contributed by atoms with Crippen molar-refractivity contribution in [1.82, 2.24) is 0 Å². The number of halogens is 4. The SMILES string of the molecule is O=S(=O)(CI)CC(F)(F)F. The van der Waals surface area contributed by atoms with Crippen LogP contribution in [0.15, 0.2) is 0 Å². The summed E-state index contributed by atoms with van der Waals surface area (Å²) < 4.78 is 54.1. The van der Waals surface area contributed by atoms with Gasteiger partial charge < -0.3 is 0 Å². The van der Waals surface area contributed by atoms with Gasteiger partial charge in [0.25, 0.3) is 0 Å². The molecule has 0 amide bonds. The lowest BCUT2D eigenvalue weighted by Crippen LogP contribution is -2.23. The van der Waals surface area contributed by atoms with Crippen molar-refractivity contribution >= 4 is 32.4 Å². The van der Waals surface area contributed by atoms with Gasteiger partial charge in [0.2, 0.25) is 0 Å². The molecule has 0 aliphatic carbocycles. The molecule has 0 aliphatic rings. The number of rotatable bonds is 2. The molecule has 0 radical (unpaired) electrons. The lowest BCUT2D eigenvalue weighted by molar-refractivity contribution is -0.106. The summed E-state index contributed by atoms with van der Waals surface area (Å²) in [5, 5.41) is 0. The Hall–Kier alpha value is 0.470. The highest BCUT2D eigenvalue weighted by Gasteiger charge is 2.34. The molecule has 0 aliphatic heterocycles. The zero-order valence-electron chi connectivity index (χ0n) is 4.65. The minimum atomic E-state index is -4.61. The molecule has 2 nitrogen and oxygen atoms in total. The van der Waals surface area contributed by atoms with E-state index in [1.165, 1.54) is 22.6 Å². The van der Waals surface area contributed by atoms with Crippen LogP contribution < -0.4 is 0 Å². The van der Waals surface area contributed by atoms with Crippen molar-refractivity contribution in [2.75, 3.05) is 9.51 Å². The molecule has 0 aromatic carbocycles. The molecule has 0 spiro atoms. The first-order valence-corrected chi connectivity index (χ1v) is 5.45. The van der Waals surface area contributed by atoms with Crippen LogP contribution in [0.3, 0.4) is 0 Å². The summed E-state index contributed by atoms with van der Waals surface area (Å²) >= 11 is 1.38. The quantitative estimate of drug-likeness (QED) is 0.568. The molecule has 0 heterocycles. The molecule has 10 heavy (non-hydrogen) atoms. The third-order valence-electron chi connectivity index (χ3n) is 0.550. The molecule has 0 fully saturated rings. The summed E-state index contributed by atoms with van der Waals surface area (Å²) in [5.41, 5.74) is 0. The third-order valence-corrected chi connectivity index (χ3v) is 4.50. The van der Waals surface area contributed by atoms with Crippen LogP contribution in [0.5, 0.6) is 0 Å². The van der Waals surface area contributed by atoms with Gasteiger partial charge in [0.05, 0.1) is 0 Å². The maximum atomic E-state index is 11.4. The largest absolute Gasteiger partial charge is 0.402 e. The van der Waals surface area contributed by atoms with E-state index in [0.717, 1.165) is 0 Å². The fraction of sp³-hybridized carbons (Fsp3) is 1.00. The van der Waals surface area contributed by atoms with Gasteiger partial charge in [-0.15, -0.1) is 0 Å². The Morgan fingerprint density at radius 3 is 1.80 bits per heavy atom. The van der Waals surface area contributed by atoms with E-state index in [-0.39, 0.29) is 0 Å². The zero-order valence-corrected chi connectivity index (χ0v) is 7.62. The zero-order chi connectivity index (χ0) is 8.41. The Bertz CT molecular complexity index is 194. The first-order chi connectivity index (χ1) is 4.27. The van der Waals surface area contributed by atoms with Gasteiger partial charge in [-0.3, -0.25) is 0 Å². The summed E-state index contributed by atoms with van der Waals surface area (Å²) in [6.45, 7) is 0. The molecule has 0 atom stereocenters. The first kappa shape index (κ1) is 10.5. The molecule has 0 rings (SSSR count). The minimum Gasteiger partial charge on any atom is -0.228 e. The van der Waals surface area contributed by atoms with E-state index in [0.29, 0.717) is 0 Å². The summed E-state index contributed by atoms with van der Waals surface area (Å²) in [6.07, 6.45) is -4.61. The average molecular weight is 288 g/mol. The van der Waals surface area contributed by atoms with Crippen molar-refractivity contribution in [1.29, 1.82) is 0 Å². The molecular weight excluding hydrogens is 284 g/mol. The molecule has 0 saturated carbocycles. The molecule has 0 N–H and O–H groups in total. The summed E-state index contributed by atoms with van der Waals surface area (Å²) in [6, 6.07) is 0. The fourth-order valence-electron chi connectivity index (χ4n) is 0.288. The van der Waals surface area contributed by atoms with Gasteiger partial charge in [0, 0.05) is 0 Å². The van der Waals surface area contributed by atoms with E-state index in [1.807, 2.05) is 0 Å². The van der Waals surface area contributed by atoms with Crippen molar-refractivity contribution in [3.05, 3.63) is 0 Å². The van der Waals surface area contributed by atoms with Crippen LogP contribution in [0.4, 0.5) is 13.2 Å². The van der Waals surface area contributed by atoms with Crippen molar-refractivity contribution in [3.63, 3.8) is 0 Å². The fourth-order valence-corrected chi connectivity index (χ4v) is 1.52. The second-order valence-corrected chi connectivity index (χ2v) is 5.47. The van der Waals surface area contributed by atoms with Crippen molar-refractivity contribution in [3.8, 4) is 0 Å². The first-order valence-electron chi connectivity index (χ1n) is 2.10. The van der Waals surface area contributed by atoms with Crippen LogP contribution in [-0.2, 0) is 9.84 Å². The van der Waals surface area contributed by atoms with E-state index < -0.39 is 25.5 Å². The standard InChI is InChI=1S/C3H4F3IO2S/c4-3(5,6)1-10(8,9)2-7/h1-2H2. The highest BCUT2D eigenvalue weighted by Crippen LogP contribution is 2.18. The normalized spacial score (nSPS) is 13.6. The monoisotopic (exact) mass is 288 g/mol. The van der Waals surface area contributed by atoms with Crippen molar-refractivity contribution in [2.24, 2.45) is 0 Å². The molecule has 62 valence electrons. The average Bonchev–Trinajstić information content (AvgIpc) is 1.60. The summed E-state index contributed by atoms with van der Waals surface area (Å²) in [5.74, 6) is -1.72. The van der Waals surface area contributed by atoms with E-state index in [2.05, 4.69) is 0 Å². The molecule has 0 saturated heterocycles. The van der Waals surface area contributed by atoms with Crippen LogP contribution in [0.1, 0.15) is 0 Å². The molecular formula is C3H4F3IO2S. The second kappa shape index (κ2) is 3.24. The number of alkyl halides is 4. The van der Waals surface area contributed by atoms with E-state index in [9.17, 15) is 21.6 Å². The number of hydrogen-bond donors (Lipinski definition) is 0. The van der Waals surface area contributed by atoms with Crippen LogP contribution in [0.2, 0.25) is 0 Å². The van der Waals surface area contributed by atoms with Gasteiger partial charge in [0.15, 0.2) is 9.84 Å². The highest BCUT2D eigenvalue weighted by atomic mass is 127. The van der Waals surface area contributed by atoms with Crippen molar-refractivity contribution in [2.45, 2.75) is 6.18 Å². The van der Waals surface area contributed by atoms with Gasteiger partial charge in [0.1, 0.15) is 9.51 Å². The Morgan fingerprint density at radius 2 is 1.70 bits per heavy atom. The lowest BCUT2D eigenvalue weighted by atomic mass is 10.8. The smallest absolute Gasteiger partial charge is 0.228 e. The number of hydrogen-bond acceptors (Lipinski definition) is 2. The second-order valence-electron chi connectivity index (χ2n) is 1.61.